The average Bonchev–Trinajstić information content (AvgIpc) is 2.75. The molecule has 7 heteroatoms. The normalized spacial score (nSPS) is 13.7. The van der Waals surface area contributed by atoms with Crippen LogP contribution in [0.3, 0.4) is 0 Å². The van der Waals surface area contributed by atoms with Crippen molar-refractivity contribution >= 4 is 33.1 Å². The van der Waals surface area contributed by atoms with Crippen molar-refractivity contribution in [2.45, 2.75) is 30.5 Å². The lowest BCUT2D eigenvalue weighted by atomic mass is 10.4. The molecule has 0 saturated carbocycles. The van der Waals surface area contributed by atoms with Crippen LogP contribution in [0.5, 0.6) is 0 Å². The third-order valence-electron chi connectivity index (χ3n) is 2.19. The van der Waals surface area contributed by atoms with Gasteiger partial charge >= 0.3 is 0 Å². The molecule has 0 spiro atoms. The van der Waals surface area contributed by atoms with E-state index in [-0.39, 0.29) is 12.6 Å². The molecule has 1 aromatic heterocycles. The summed E-state index contributed by atoms with van der Waals surface area (Å²) in [6.45, 7) is 3.95. The van der Waals surface area contributed by atoms with Gasteiger partial charge < -0.3 is 5.11 Å². The Hall–Kier alpha value is -0.0800. The molecule has 1 unspecified atom stereocenters. The quantitative estimate of drug-likeness (QED) is 0.767. The lowest BCUT2D eigenvalue weighted by Crippen LogP contribution is -2.33. The molecule has 0 aliphatic carbocycles. The van der Waals surface area contributed by atoms with E-state index in [0.29, 0.717) is 10.6 Å². The van der Waals surface area contributed by atoms with Crippen LogP contribution in [-0.4, -0.2) is 37.7 Å². The van der Waals surface area contributed by atoms with Gasteiger partial charge in [0.05, 0.1) is 0 Å². The molecule has 0 radical (unpaired) electrons. The van der Waals surface area contributed by atoms with E-state index in [1.54, 1.807) is 23.9 Å². The Morgan fingerprint density at radius 2 is 2.22 bits per heavy atom. The molecule has 0 bridgehead atoms. The zero-order valence-corrected chi connectivity index (χ0v) is 13.0. The maximum Gasteiger partial charge on any atom is 0.250 e. The first-order chi connectivity index (χ1) is 8.49. The second kappa shape index (κ2) is 7.49. The summed E-state index contributed by atoms with van der Waals surface area (Å²) in [6, 6.07) is 3.27. The summed E-state index contributed by atoms with van der Waals surface area (Å²) >= 11 is 2.92. The second-order valence-corrected chi connectivity index (χ2v) is 8.30. The largest absolute Gasteiger partial charge is 0.396 e. The molecule has 104 valence electrons. The van der Waals surface area contributed by atoms with Gasteiger partial charge in [0.2, 0.25) is 10.0 Å². The van der Waals surface area contributed by atoms with Crippen LogP contribution in [0.2, 0.25) is 0 Å². The Morgan fingerprint density at radius 3 is 2.83 bits per heavy atom. The first kappa shape index (κ1) is 16.0. The van der Waals surface area contributed by atoms with Crippen LogP contribution in [0.4, 0.5) is 0 Å². The summed E-state index contributed by atoms with van der Waals surface area (Å²) in [5, 5.41) is 8.81. The Kier molecular flexibility index (Phi) is 6.65. The van der Waals surface area contributed by atoms with Gasteiger partial charge in [-0.15, -0.1) is 11.3 Å². The van der Waals surface area contributed by atoms with E-state index < -0.39 is 10.0 Å². The third kappa shape index (κ3) is 4.89. The van der Waals surface area contributed by atoms with Gasteiger partial charge in [-0.1, -0.05) is 6.92 Å². The molecule has 1 heterocycles. The number of sulfonamides is 1. The summed E-state index contributed by atoms with van der Waals surface area (Å²) < 4.78 is 27.1. The van der Waals surface area contributed by atoms with Gasteiger partial charge in [0.1, 0.15) is 4.21 Å². The van der Waals surface area contributed by atoms with Crippen molar-refractivity contribution in [3.05, 3.63) is 17.0 Å². The fourth-order valence-electron chi connectivity index (χ4n) is 1.40. The molecule has 0 aliphatic rings. The first-order valence-electron chi connectivity index (χ1n) is 5.79. The van der Waals surface area contributed by atoms with E-state index in [4.69, 9.17) is 5.11 Å². The van der Waals surface area contributed by atoms with Gasteiger partial charge in [0, 0.05) is 29.7 Å². The van der Waals surface area contributed by atoms with Gasteiger partial charge in [-0.25, -0.2) is 13.1 Å². The summed E-state index contributed by atoms with van der Waals surface area (Å²) in [5.74, 6) is 1.75. The Bertz CT molecular complexity index is 456. The van der Waals surface area contributed by atoms with Crippen LogP contribution in [0, 0.1) is 0 Å². The maximum absolute atomic E-state index is 12.1. The molecule has 0 amide bonds. The maximum atomic E-state index is 12.1. The Morgan fingerprint density at radius 1 is 1.50 bits per heavy atom. The predicted molar refractivity (Wildman–Crippen MR) is 77.9 cm³/mol. The van der Waals surface area contributed by atoms with Crippen LogP contribution in [0.25, 0.3) is 0 Å². The number of hydrogen-bond acceptors (Lipinski definition) is 5. The van der Waals surface area contributed by atoms with Gasteiger partial charge in [-0.2, -0.15) is 11.8 Å². The van der Waals surface area contributed by atoms with Crippen molar-refractivity contribution in [1.82, 2.24) is 4.72 Å². The summed E-state index contributed by atoms with van der Waals surface area (Å²) in [7, 11) is -3.41. The number of hydrogen-bond donors (Lipinski definition) is 2. The van der Waals surface area contributed by atoms with Crippen LogP contribution >= 0.6 is 23.1 Å². The highest BCUT2D eigenvalue weighted by Gasteiger charge is 2.19. The van der Waals surface area contributed by atoms with Crippen molar-refractivity contribution in [3.63, 3.8) is 0 Å². The van der Waals surface area contributed by atoms with Gasteiger partial charge in [0.15, 0.2) is 0 Å². The molecule has 0 aliphatic heterocycles. The van der Waals surface area contributed by atoms with E-state index in [9.17, 15) is 8.42 Å². The van der Waals surface area contributed by atoms with Crippen LogP contribution < -0.4 is 4.72 Å². The SMILES string of the molecule is CCSCC(C)NS(=O)(=O)c1ccc(CCO)s1. The zero-order valence-electron chi connectivity index (χ0n) is 10.5. The van der Waals surface area contributed by atoms with E-state index in [2.05, 4.69) is 4.72 Å². The van der Waals surface area contributed by atoms with Gasteiger partial charge in [-0.3, -0.25) is 0 Å². The number of aliphatic hydroxyl groups excluding tert-OH is 1. The zero-order chi connectivity index (χ0) is 13.6. The van der Waals surface area contributed by atoms with E-state index in [0.717, 1.165) is 16.4 Å². The molecule has 18 heavy (non-hydrogen) atoms. The summed E-state index contributed by atoms with van der Waals surface area (Å²) in [6.07, 6.45) is 0.501. The molecule has 4 nitrogen and oxygen atoms in total. The monoisotopic (exact) mass is 309 g/mol. The van der Waals surface area contributed by atoms with E-state index >= 15 is 0 Å². The molecule has 1 rings (SSSR count). The summed E-state index contributed by atoms with van der Waals surface area (Å²) in [4.78, 5) is 0.883. The first-order valence-corrected chi connectivity index (χ1v) is 9.24. The molecule has 1 aromatic rings. The number of thioether (sulfide) groups is 1. The van der Waals surface area contributed by atoms with Crippen molar-refractivity contribution in [2.75, 3.05) is 18.1 Å². The lowest BCUT2D eigenvalue weighted by molar-refractivity contribution is 0.300. The lowest BCUT2D eigenvalue weighted by Gasteiger charge is -2.12. The summed E-state index contributed by atoms with van der Waals surface area (Å²) in [5.41, 5.74) is 0. The highest BCUT2D eigenvalue weighted by Crippen LogP contribution is 2.22. The van der Waals surface area contributed by atoms with Crippen LogP contribution in [-0.2, 0) is 16.4 Å². The third-order valence-corrected chi connectivity index (χ3v) is 6.56. The van der Waals surface area contributed by atoms with Crippen molar-refractivity contribution in [3.8, 4) is 0 Å². The topological polar surface area (TPSA) is 66.4 Å². The minimum absolute atomic E-state index is 0.0387. The Labute approximate surface area is 117 Å². The molecular weight excluding hydrogens is 290 g/mol. The van der Waals surface area contributed by atoms with E-state index in [1.165, 1.54) is 11.3 Å². The predicted octanol–water partition coefficient (Wildman–Crippen LogP) is 1.70. The Balaban J connectivity index is 2.67. The molecule has 0 aromatic carbocycles. The van der Waals surface area contributed by atoms with Crippen molar-refractivity contribution in [1.29, 1.82) is 0 Å². The number of aliphatic hydroxyl groups is 1. The van der Waals surface area contributed by atoms with Crippen LogP contribution in [0.15, 0.2) is 16.3 Å². The molecule has 0 fully saturated rings. The minimum Gasteiger partial charge on any atom is -0.396 e. The van der Waals surface area contributed by atoms with Crippen molar-refractivity contribution in [2.24, 2.45) is 0 Å². The van der Waals surface area contributed by atoms with Crippen molar-refractivity contribution < 1.29 is 13.5 Å². The second-order valence-electron chi connectivity index (χ2n) is 3.88. The number of nitrogens with one attached hydrogen (secondary N) is 1. The molecule has 2 N–H and O–H groups in total. The van der Waals surface area contributed by atoms with Gasteiger partial charge in [0.25, 0.3) is 0 Å². The molecular formula is C11H19NO3S3. The highest BCUT2D eigenvalue weighted by molar-refractivity contribution is 7.99. The smallest absolute Gasteiger partial charge is 0.250 e. The molecule has 1 atom stereocenters. The number of rotatable bonds is 8. The average molecular weight is 309 g/mol. The minimum atomic E-state index is -3.41. The fourth-order valence-corrected chi connectivity index (χ4v) is 4.78. The standard InChI is InChI=1S/C11H19NO3S3/c1-3-16-8-9(2)12-18(14,15)11-5-4-10(17-11)6-7-13/h4-5,9,12-13H,3,6-8H2,1-2H3. The van der Waals surface area contributed by atoms with Crippen LogP contribution in [0.1, 0.15) is 18.7 Å². The van der Waals surface area contributed by atoms with Gasteiger partial charge in [-0.05, 0) is 24.8 Å². The molecule has 0 saturated heterocycles. The fraction of sp³-hybridized carbons (Fsp3) is 0.636. The number of thiophene rings is 1. The highest BCUT2D eigenvalue weighted by atomic mass is 32.2. The van der Waals surface area contributed by atoms with E-state index in [1.807, 2.05) is 13.8 Å².